The van der Waals surface area contributed by atoms with Gasteiger partial charge in [0.15, 0.2) is 0 Å². The van der Waals surface area contributed by atoms with E-state index in [9.17, 15) is 18.3 Å². The minimum absolute atomic E-state index is 0.0290. The van der Waals surface area contributed by atoms with Crippen molar-refractivity contribution in [2.45, 2.75) is 56.3 Å². The highest BCUT2D eigenvalue weighted by atomic mass is 35.5. The first kappa shape index (κ1) is 28.9. The first-order chi connectivity index (χ1) is 19.0. The molecule has 9 nitrogen and oxygen atoms in total. The summed E-state index contributed by atoms with van der Waals surface area (Å²) in [6.45, 7) is 4.47. The number of hydrogen-bond donors (Lipinski definition) is 2. The Labute approximate surface area is 240 Å². The summed E-state index contributed by atoms with van der Waals surface area (Å²) >= 11 is 6.24. The van der Waals surface area contributed by atoms with Crippen LogP contribution in [0.3, 0.4) is 0 Å². The topological polar surface area (TPSA) is 114 Å². The average molecular weight is 591 g/mol. The molecule has 2 N–H and O–H groups in total. The van der Waals surface area contributed by atoms with Crippen molar-refractivity contribution in [1.82, 2.24) is 4.72 Å². The number of sulfonamides is 1. The maximum Gasteiger partial charge on any atom is 0.265 e. The molecule has 1 amide bonds. The lowest BCUT2D eigenvalue weighted by molar-refractivity contribution is -0.139. The number of rotatable bonds is 0. The number of fused-ring (bicyclic) bond motifs is 3. The SMILES string of the molecule is CC1(C)OC/C=C/[C@H](O)[C@@H]2CC[C@H]2CN2COCCc3cc(Cl)ccc3COc3ccc(cc32)S(=O)(=O)NC1=O. The van der Waals surface area contributed by atoms with E-state index in [1.54, 1.807) is 18.2 Å². The van der Waals surface area contributed by atoms with Crippen LogP contribution in [0.15, 0.2) is 53.4 Å². The van der Waals surface area contributed by atoms with Gasteiger partial charge in [0.2, 0.25) is 0 Å². The number of hydrogen-bond acceptors (Lipinski definition) is 8. The second kappa shape index (κ2) is 11.7. The molecule has 0 unspecified atom stereocenters. The second-order valence-corrected chi connectivity index (χ2v) is 13.1. The number of carbonyl (C=O) groups is 1. The molecule has 216 valence electrons. The maximum atomic E-state index is 13.3. The van der Waals surface area contributed by atoms with Crippen LogP contribution in [-0.4, -0.2) is 57.6 Å². The summed E-state index contributed by atoms with van der Waals surface area (Å²) in [6.07, 6.45) is 5.12. The Morgan fingerprint density at radius 3 is 2.73 bits per heavy atom. The number of halogens is 1. The highest BCUT2D eigenvalue weighted by Gasteiger charge is 2.38. The van der Waals surface area contributed by atoms with Gasteiger partial charge in [-0.05, 0) is 86.4 Å². The summed E-state index contributed by atoms with van der Waals surface area (Å²) in [5.41, 5.74) is 1.09. The van der Waals surface area contributed by atoms with Gasteiger partial charge in [0.1, 0.15) is 24.7 Å². The molecule has 3 aliphatic rings. The summed E-state index contributed by atoms with van der Waals surface area (Å²) < 4.78 is 46.9. The van der Waals surface area contributed by atoms with Crippen LogP contribution < -0.4 is 14.4 Å². The number of aliphatic hydroxyl groups is 1. The molecule has 2 bridgehead atoms. The summed E-state index contributed by atoms with van der Waals surface area (Å²) in [6, 6.07) is 10.2. The lowest BCUT2D eigenvalue weighted by Crippen LogP contribution is -2.47. The molecule has 0 saturated heterocycles. The van der Waals surface area contributed by atoms with Gasteiger partial charge in [0.25, 0.3) is 15.9 Å². The molecule has 11 heteroatoms. The van der Waals surface area contributed by atoms with Gasteiger partial charge >= 0.3 is 0 Å². The third kappa shape index (κ3) is 6.31. The number of ether oxygens (including phenoxy) is 3. The number of anilines is 1. The first-order valence-electron chi connectivity index (χ1n) is 13.5. The summed E-state index contributed by atoms with van der Waals surface area (Å²) in [5, 5.41) is 11.5. The molecule has 0 radical (unpaired) electrons. The van der Waals surface area contributed by atoms with Crippen molar-refractivity contribution < 1.29 is 32.5 Å². The third-order valence-electron chi connectivity index (χ3n) is 7.91. The highest BCUT2D eigenvalue weighted by Crippen LogP contribution is 2.41. The predicted octanol–water partition coefficient (Wildman–Crippen LogP) is 3.81. The second-order valence-electron chi connectivity index (χ2n) is 11.0. The van der Waals surface area contributed by atoms with Crippen LogP contribution in [0.5, 0.6) is 5.75 Å². The molecule has 40 heavy (non-hydrogen) atoms. The predicted molar refractivity (Wildman–Crippen MR) is 151 cm³/mol. The van der Waals surface area contributed by atoms with Gasteiger partial charge in [-0.3, -0.25) is 4.79 Å². The zero-order chi connectivity index (χ0) is 28.5. The smallest absolute Gasteiger partial charge is 0.265 e. The number of amides is 1. The first-order valence-corrected chi connectivity index (χ1v) is 15.3. The van der Waals surface area contributed by atoms with Crippen molar-refractivity contribution >= 4 is 33.2 Å². The van der Waals surface area contributed by atoms with Crippen LogP contribution in [0.4, 0.5) is 5.69 Å². The zero-order valence-electron chi connectivity index (χ0n) is 22.6. The number of benzene rings is 2. The quantitative estimate of drug-likeness (QED) is 0.445. The van der Waals surface area contributed by atoms with Crippen LogP contribution >= 0.6 is 11.6 Å². The Kier molecular flexibility index (Phi) is 8.45. The van der Waals surface area contributed by atoms with E-state index >= 15 is 0 Å². The Morgan fingerprint density at radius 1 is 1.12 bits per heavy atom. The molecule has 2 aliphatic heterocycles. The fraction of sp³-hybridized carbons (Fsp3) is 0.483. The Hall–Kier alpha value is -2.63. The molecule has 1 aliphatic carbocycles. The molecule has 1 saturated carbocycles. The van der Waals surface area contributed by atoms with E-state index < -0.39 is 27.6 Å². The van der Waals surface area contributed by atoms with E-state index in [1.807, 2.05) is 23.1 Å². The Morgan fingerprint density at radius 2 is 1.95 bits per heavy atom. The van der Waals surface area contributed by atoms with Crippen LogP contribution in [0.25, 0.3) is 0 Å². The average Bonchev–Trinajstić information content (AvgIpc) is 2.91. The molecule has 2 aromatic carbocycles. The monoisotopic (exact) mass is 590 g/mol. The van der Waals surface area contributed by atoms with Crippen LogP contribution in [0.2, 0.25) is 5.02 Å². The normalized spacial score (nSPS) is 27.4. The lowest BCUT2D eigenvalue weighted by atomic mass is 9.70. The van der Waals surface area contributed by atoms with Gasteiger partial charge in [-0.2, -0.15) is 0 Å². The summed E-state index contributed by atoms with van der Waals surface area (Å²) in [5.74, 6) is -0.127. The molecule has 2 heterocycles. The van der Waals surface area contributed by atoms with Crippen LogP contribution in [-0.2, 0) is 37.3 Å². The van der Waals surface area contributed by atoms with Gasteiger partial charge in [0, 0.05) is 11.6 Å². The van der Waals surface area contributed by atoms with Gasteiger partial charge in [0.05, 0.1) is 29.9 Å². The standard InChI is InChI=1S/C29H35ClN2O7S/c1-29(2)28(34)31-40(35,36)23-8-10-27-25(15-23)32(16-20-6-9-24(20)26(33)4-3-12-39-29)18-37-13-11-19-14-22(30)7-5-21(19)17-38-27/h3-5,7-8,10,14-15,20,24,26,33H,6,9,11-13,16-18H2,1-2H3,(H,31,34)/b4-3+/t20-,24+,26-/m0/s1. The van der Waals surface area contributed by atoms with E-state index in [2.05, 4.69) is 4.72 Å². The van der Waals surface area contributed by atoms with Crippen molar-refractivity contribution in [3.8, 4) is 5.75 Å². The third-order valence-corrected chi connectivity index (χ3v) is 9.48. The van der Waals surface area contributed by atoms with Crippen molar-refractivity contribution in [3.63, 3.8) is 0 Å². The molecular weight excluding hydrogens is 556 g/mol. The van der Waals surface area contributed by atoms with E-state index in [4.69, 9.17) is 25.8 Å². The number of nitrogens with zero attached hydrogens (tertiary/aromatic N) is 1. The number of nitrogens with one attached hydrogen (secondary N) is 1. The molecule has 5 rings (SSSR count). The Balaban J connectivity index is 1.56. The van der Waals surface area contributed by atoms with E-state index in [-0.39, 0.29) is 36.7 Å². The van der Waals surface area contributed by atoms with E-state index in [1.165, 1.54) is 26.0 Å². The molecule has 0 spiro atoms. The fourth-order valence-electron chi connectivity index (χ4n) is 5.25. The van der Waals surface area contributed by atoms with Crippen molar-refractivity contribution in [2.24, 2.45) is 11.8 Å². The van der Waals surface area contributed by atoms with Crippen molar-refractivity contribution in [3.05, 3.63) is 64.7 Å². The molecule has 1 fully saturated rings. The highest BCUT2D eigenvalue weighted by molar-refractivity contribution is 7.90. The number of aliphatic hydroxyl groups excluding tert-OH is 1. The summed E-state index contributed by atoms with van der Waals surface area (Å²) in [4.78, 5) is 14.8. The number of carbonyl (C=O) groups excluding carboxylic acids is 1. The molecule has 0 aromatic heterocycles. The van der Waals surface area contributed by atoms with Crippen LogP contribution in [0.1, 0.15) is 37.8 Å². The Bertz CT molecular complexity index is 1390. The van der Waals surface area contributed by atoms with Gasteiger partial charge < -0.3 is 24.2 Å². The van der Waals surface area contributed by atoms with Crippen molar-refractivity contribution in [1.29, 1.82) is 0 Å². The van der Waals surface area contributed by atoms with Crippen molar-refractivity contribution in [2.75, 3.05) is 31.4 Å². The largest absolute Gasteiger partial charge is 0.487 e. The maximum absolute atomic E-state index is 13.3. The molecule has 3 atom stereocenters. The minimum Gasteiger partial charge on any atom is -0.487 e. The summed E-state index contributed by atoms with van der Waals surface area (Å²) in [7, 11) is -4.22. The van der Waals surface area contributed by atoms with Gasteiger partial charge in [-0.1, -0.05) is 29.8 Å². The molecule has 2 aromatic rings. The molecular formula is C29H35ClN2O7S. The van der Waals surface area contributed by atoms with Gasteiger partial charge in [-0.25, -0.2) is 13.1 Å². The fourth-order valence-corrected chi connectivity index (χ4v) is 6.57. The lowest BCUT2D eigenvalue weighted by Gasteiger charge is -2.42. The van der Waals surface area contributed by atoms with E-state index in [0.717, 1.165) is 24.0 Å². The van der Waals surface area contributed by atoms with Crippen LogP contribution in [0, 0.1) is 11.8 Å². The zero-order valence-corrected chi connectivity index (χ0v) is 24.2. The minimum atomic E-state index is -4.22. The van der Waals surface area contributed by atoms with E-state index in [0.29, 0.717) is 36.0 Å². The van der Waals surface area contributed by atoms with Gasteiger partial charge in [-0.15, -0.1) is 0 Å².